The van der Waals surface area contributed by atoms with E-state index in [1.807, 2.05) is 31.3 Å². The minimum absolute atomic E-state index is 0.133. The van der Waals surface area contributed by atoms with Gasteiger partial charge < -0.3 is 15.8 Å². The number of rotatable bonds is 4. The fourth-order valence-corrected chi connectivity index (χ4v) is 1.80. The van der Waals surface area contributed by atoms with Crippen LogP contribution in [0.3, 0.4) is 0 Å². The minimum Gasteiger partial charge on any atom is -0.497 e. The highest BCUT2D eigenvalue weighted by molar-refractivity contribution is 5.60. The van der Waals surface area contributed by atoms with Crippen LogP contribution in [0.4, 0.5) is 11.5 Å². The van der Waals surface area contributed by atoms with Crippen LogP contribution in [0.5, 0.6) is 5.75 Å². The molecule has 18 heavy (non-hydrogen) atoms. The number of nitrogens with two attached hydrogens (primary N) is 1. The molecule has 1 heterocycles. The number of nitrogen functional groups attached to an aromatic ring is 1. The van der Waals surface area contributed by atoms with Crippen molar-refractivity contribution in [3.05, 3.63) is 36.0 Å². The zero-order valence-electron chi connectivity index (χ0n) is 10.8. The molecule has 1 aromatic carbocycles. The van der Waals surface area contributed by atoms with Crippen LogP contribution in [0.2, 0.25) is 0 Å². The highest BCUT2D eigenvalue weighted by atomic mass is 16.5. The van der Waals surface area contributed by atoms with E-state index in [0.29, 0.717) is 11.5 Å². The van der Waals surface area contributed by atoms with E-state index in [0.717, 1.165) is 11.3 Å². The van der Waals surface area contributed by atoms with E-state index >= 15 is 0 Å². The molecule has 0 aliphatic carbocycles. The summed E-state index contributed by atoms with van der Waals surface area (Å²) in [5.41, 5.74) is 7.65. The van der Waals surface area contributed by atoms with E-state index in [1.165, 1.54) is 0 Å². The summed E-state index contributed by atoms with van der Waals surface area (Å²) in [7, 11) is 3.50. The van der Waals surface area contributed by atoms with Crippen molar-refractivity contribution >= 4 is 11.5 Å². The number of aryl methyl sites for hydroxylation is 1. The van der Waals surface area contributed by atoms with Crippen LogP contribution in [-0.4, -0.2) is 16.9 Å². The molecule has 5 heteroatoms. The van der Waals surface area contributed by atoms with Crippen molar-refractivity contribution in [1.82, 2.24) is 9.78 Å². The molecule has 0 fully saturated rings. The summed E-state index contributed by atoms with van der Waals surface area (Å²) in [6.45, 7) is 2.07. The molecule has 96 valence electrons. The molecule has 0 saturated heterocycles. The van der Waals surface area contributed by atoms with Gasteiger partial charge >= 0.3 is 0 Å². The number of nitrogens with zero attached hydrogens (tertiary/aromatic N) is 2. The third-order valence-electron chi connectivity index (χ3n) is 2.83. The summed E-state index contributed by atoms with van der Waals surface area (Å²) in [5, 5.41) is 7.55. The van der Waals surface area contributed by atoms with E-state index in [-0.39, 0.29) is 6.04 Å². The molecule has 1 unspecified atom stereocenters. The standard InChI is InChI=1S/C13H18N4O/c1-9(10-4-6-11(18-3)7-5-10)15-13-12(14)8-17(2)16-13/h4-9H,14H2,1-3H3,(H,15,16). The maximum absolute atomic E-state index is 5.85. The first kappa shape index (κ1) is 12.3. The van der Waals surface area contributed by atoms with Gasteiger partial charge in [-0.1, -0.05) is 12.1 Å². The average Bonchev–Trinajstić information content (AvgIpc) is 2.68. The number of hydrogen-bond donors (Lipinski definition) is 2. The topological polar surface area (TPSA) is 65.1 Å². The number of aromatic nitrogens is 2. The Labute approximate surface area is 107 Å². The van der Waals surface area contributed by atoms with Gasteiger partial charge in [0.05, 0.1) is 18.8 Å². The van der Waals surface area contributed by atoms with Gasteiger partial charge in [-0.25, -0.2) is 0 Å². The Morgan fingerprint density at radius 1 is 1.33 bits per heavy atom. The summed E-state index contributed by atoms with van der Waals surface area (Å²) < 4.78 is 6.83. The molecule has 2 aromatic rings. The highest BCUT2D eigenvalue weighted by Crippen LogP contribution is 2.23. The lowest BCUT2D eigenvalue weighted by molar-refractivity contribution is 0.414. The van der Waals surface area contributed by atoms with Crippen LogP contribution in [0.25, 0.3) is 0 Å². The van der Waals surface area contributed by atoms with Gasteiger partial charge in [0.15, 0.2) is 5.82 Å². The van der Waals surface area contributed by atoms with E-state index in [4.69, 9.17) is 10.5 Å². The lowest BCUT2D eigenvalue weighted by atomic mass is 10.1. The van der Waals surface area contributed by atoms with Gasteiger partial charge in [-0.3, -0.25) is 4.68 Å². The smallest absolute Gasteiger partial charge is 0.171 e. The Morgan fingerprint density at radius 2 is 2.00 bits per heavy atom. The molecular formula is C13H18N4O. The number of hydrogen-bond acceptors (Lipinski definition) is 4. The van der Waals surface area contributed by atoms with E-state index in [2.05, 4.69) is 17.3 Å². The summed E-state index contributed by atoms with van der Waals surface area (Å²) in [5.74, 6) is 1.56. The number of ether oxygens (including phenoxy) is 1. The largest absolute Gasteiger partial charge is 0.497 e. The van der Waals surface area contributed by atoms with Crippen LogP contribution in [-0.2, 0) is 7.05 Å². The van der Waals surface area contributed by atoms with Gasteiger partial charge in [-0.05, 0) is 24.6 Å². The van der Waals surface area contributed by atoms with Crippen molar-refractivity contribution in [1.29, 1.82) is 0 Å². The predicted molar refractivity (Wildman–Crippen MR) is 72.7 cm³/mol. The summed E-state index contributed by atoms with van der Waals surface area (Å²) in [4.78, 5) is 0. The Bertz CT molecular complexity index is 518. The molecule has 5 nitrogen and oxygen atoms in total. The Hall–Kier alpha value is -2.17. The van der Waals surface area contributed by atoms with E-state index in [1.54, 1.807) is 18.0 Å². The SMILES string of the molecule is COc1ccc(C(C)Nc2nn(C)cc2N)cc1. The quantitative estimate of drug-likeness (QED) is 0.868. The molecule has 0 amide bonds. The Kier molecular flexibility index (Phi) is 3.41. The van der Waals surface area contributed by atoms with Crippen molar-refractivity contribution in [3.63, 3.8) is 0 Å². The molecule has 2 rings (SSSR count). The lowest BCUT2D eigenvalue weighted by Gasteiger charge is -2.14. The van der Waals surface area contributed by atoms with Gasteiger partial charge in [0.25, 0.3) is 0 Å². The number of benzene rings is 1. The summed E-state index contributed by atoms with van der Waals surface area (Å²) in [6.07, 6.45) is 1.78. The number of nitrogens with one attached hydrogen (secondary N) is 1. The van der Waals surface area contributed by atoms with Gasteiger partial charge in [0, 0.05) is 13.2 Å². The average molecular weight is 246 g/mol. The number of methoxy groups -OCH3 is 1. The van der Waals surface area contributed by atoms with Gasteiger partial charge in [0.1, 0.15) is 5.75 Å². The van der Waals surface area contributed by atoms with Gasteiger partial charge in [-0.15, -0.1) is 0 Å². The fraction of sp³-hybridized carbons (Fsp3) is 0.308. The van der Waals surface area contributed by atoms with E-state index < -0.39 is 0 Å². The van der Waals surface area contributed by atoms with Crippen LogP contribution in [0.1, 0.15) is 18.5 Å². The predicted octanol–water partition coefficient (Wildman–Crippen LogP) is 2.18. The molecular weight excluding hydrogens is 228 g/mol. The third kappa shape index (κ3) is 2.56. The number of anilines is 2. The molecule has 0 saturated carbocycles. The van der Waals surface area contributed by atoms with Crippen LogP contribution in [0, 0.1) is 0 Å². The van der Waals surface area contributed by atoms with Gasteiger partial charge in [-0.2, -0.15) is 5.10 Å². The van der Waals surface area contributed by atoms with Crippen LogP contribution in [0.15, 0.2) is 30.5 Å². The second kappa shape index (κ2) is 5.00. The zero-order valence-corrected chi connectivity index (χ0v) is 10.8. The zero-order chi connectivity index (χ0) is 13.1. The second-order valence-corrected chi connectivity index (χ2v) is 4.25. The monoisotopic (exact) mass is 246 g/mol. The minimum atomic E-state index is 0.133. The molecule has 0 aliphatic rings. The third-order valence-corrected chi connectivity index (χ3v) is 2.83. The Balaban J connectivity index is 2.11. The second-order valence-electron chi connectivity index (χ2n) is 4.25. The van der Waals surface area contributed by atoms with Crippen molar-refractivity contribution in [2.24, 2.45) is 7.05 Å². The first-order chi connectivity index (χ1) is 8.60. The van der Waals surface area contributed by atoms with Crippen molar-refractivity contribution in [2.75, 3.05) is 18.2 Å². The molecule has 3 N–H and O–H groups in total. The molecule has 1 atom stereocenters. The van der Waals surface area contributed by atoms with Crippen molar-refractivity contribution in [3.8, 4) is 5.75 Å². The maximum Gasteiger partial charge on any atom is 0.171 e. The molecule has 0 radical (unpaired) electrons. The molecule has 0 aliphatic heterocycles. The van der Waals surface area contributed by atoms with E-state index in [9.17, 15) is 0 Å². The molecule has 0 spiro atoms. The first-order valence-corrected chi connectivity index (χ1v) is 5.79. The maximum atomic E-state index is 5.85. The van der Waals surface area contributed by atoms with Gasteiger partial charge in [0.2, 0.25) is 0 Å². The lowest BCUT2D eigenvalue weighted by Crippen LogP contribution is -2.08. The van der Waals surface area contributed by atoms with Crippen LogP contribution < -0.4 is 15.8 Å². The summed E-state index contributed by atoms with van der Waals surface area (Å²) in [6, 6.07) is 8.06. The highest BCUT2D eigenvalue weighted by Gasteiger charge is 2.10. The fourth-order valence-electron chi connectivity index (χ4n) is 1.80. The first-order valence-electron chi connectivity index (χ1n) is 5.79. The van der Waals surface area contributed by atoms with Crippen LogP contribution >= 0.6 is 0 Å². The molecule has 0 bridgehead atoms. The Morgan fingerprint density at radius 3 is 2.50 bits per heavy atom. The normalized spacial score (nSPS) is 12.2. The summed E-state index contributed by atoms with van der Waals surface area (Å²) >= 11 is 0. The van der Waals surface area contributed by atoms with Crippen molar-refractivity contribution < 1.29 is 4.74 Å². The molecule has 1 aromatic heterocycles. The van der Waals surface area contributed by atoms with Crippen molar-refractivity contribution in [2.45, 2.75) is 13.0 Å².